The molecular formula is C27H31N3O3. The third-order valence-electron chi connectivity index (χ3n) is 7.41. The molecule has 0 spiro atoms. The van der Waals surface area contributed by atoms with Gasteiger partial charge in [-0.3, -0.25) is 24.2 Å². The van der Waals surface area contributed by atoms with Crippen LogP contribution in [0.25, 0.3) is 0 Å². The Hall–Kier alpha value is -2.99. The van der Waals surface area contributed by atoms with Crippen LogP contribution in [-0.2, 0) is 11.2 Å². The fourth-order valence-electron chi connectivity index (χ4n) is 5.58. The first kappa shape index (κ1) is 21.8. The molecule has 0 bridgehead atoms. The van der Waals surface area contributed by atoms with Gasteiger partial charge < -0.3 is 4.90 Å². The van der Waals surface area contributed by atoms with Gasteiger partial charge in [-0.25, -0.2) is 0 Å². The predicted molar refractivity (Wildman–Crippen MR) is 126 cm³/mol. The molecule has 2 aromatic rings. The average molecular weight is 446 g/mol. The summed E-state index contributed by atoms with van der Waals surface area (Å²) >= 11 is 0. The van der Waals surface area contributed by atoms with Crippen molar-refractivity contribution in [1.82, 2.24) is 14.7 Å². The first-order chi connectivity index (χ1) is 16.1. The summed E-state index contributed by atoms with van der Waals surface area (Å²) < 4.78 is 0. The van der Waals surface area contributed by atoms with Crippen molar-refractivity contribution >= 4 is 17.7 Å². The minimum atomic E-state index is -0.832. The molecule has 0 radical (unpaired) electrons. The Kier molecular flexibility index (Phi) is 6.27. The molecule has 2 fully saturated rings. The van der Waals surface area contributed by atoms with Gasteiger partial charge in [-0.1, -0.05) is 61.7 Å². The maximum atomic E-state index is 13.8. The maximum Gasteiger partial charge on any atom is 0.262 e. The summed E-state index contributed by atoms with van der Waals surface area (Å²) in [5.74, 6) is -0.868. The first-order valence-electron chi connectivity index (χ1n) is 12.2. The number of carbonyl (C=O) groups is 3. The largest absolute Gasteiger partial charge is 0.338 e. The molecule has 1 aliphatic carbocycles. The molecule has 2 aromatic carbocycles. The van der Waals surface area contributed by atoms with Crippen LogP contribution in [0.2, 0.25) is 0 Å². The second-order valence-electron chi connectivity index (χ2n) is 9.38. The smallest absolute Gasteiger partial charge is 0.262 e. The number of imide groups is 1. The SMILES string of the molecule is O=C([C@H](Cc1ccccc1)N1C(=O)c2ccccc2C1=O)N1CCN(C2CCCCC2)CC1. The number of carbonyl (C=O) groups excluding carboxylic acids is 3. The summed E-state index contributed by atoms with van der Waals surface area (Å²) in [6.45, 7) is 3.00. The van der Waals surface area contributed by atoms with Gasteiger partial charge in [0, 0.05) is 38.6 Å². The molecule has 1 saturated heterocycles. The van der Waals surface area contributed by atoms with Crippen LogP contribution < -0.4 is 0 Å². The third kappa shape index (κ3) is 4.32. The Bertz CT molecular complexity index is 989. The van der Waals surface area contributed by atoms with E-state index >= 15 is 0 Å². The molecule has 6 nitrogen and oxygen atoms in total. The van der Waals surface area contributed by atoms with Gasteiger partial charge in [0.05, 0.1) is 11.1 Å². The van der Waals surface area contributed by atoms with Crippen LogP contribution in [0.15, 0.2) is 54.6 Å². The molecule has 172 valence electrons. The summed E-state index contributed by atoms with van der Waals surface area (Å²) in [7, 11) is 0. The van der Waals surface area contributed by atoms with Crippen molar-refractivity contribution in [2.75, 3.05) is 26.2 Å². The van der Waals surface area contributed by atoms with Crippen molar-refractivity contribution < 1.29 is 14.4 Å². The molecule has 1 saturated carbocycles. The van der Waals surface area contributed by atoms with Crippen molar-refractivity contribution in [2.45, 2.75) is 50.6 Å². The quantitative estimate of drug-likeness (QED) is 0.662. The lowest BCUT2D eigenvalue weighted by Crippen LogP contribution is -2.58. The summed E-state index contributed by atoms with van der Waals surface area (Å²) in [6.07, 6.45) is 6.75. The van der Waals surface area contributed by atoms with Gasteiger partial charge in [0.2, 0.25) is 5.91 Å². The molecule has 3 amide bonds. The van der Waals surface area contributed by atoms with Crippen LogP contribution in [0, 0.1) is 0 Å². The van der Waals surface area contributed by atoms with Gasteiger partial charge >= 0.3 is 0 Å². The topological polar surface area (TPSA) is 60.9 Å². The highest BCUT2D eigenvalue weighted by atomic mass is 16.2. The predicted octanol–water partition coefficient (Wildman–Crippen LogP) is 3.37. The Labute approximate surface area is 195 Å². The second-order valence-corrected chi connectivity index (χ2v) is 9.38. The fourth-order valence-corrected chi connectivity index (χ4v) is 5.58. The van der Waals surface area contributed by atoms with Crippen LogP contribution in [-0.4, -0.2) is 70.7 Å². The van der Waals surface area contributed by atoms with E-state index in [-0.39, 0.29) is 17.7 Å². The van der Waals surface area contributed by atoms with Crippen molar-refractivity contribution in [3.8, 4) is 0 Å². The van der Waals surface area contributed by atoms with E-state index in [1.165, 1.54) is 37.0 Å². The lowest BCUT2D eigenvalue weighted by atomic mass is 9.93. The molecule has 5 rings (SSSR count). The highest BCUT2D eigenvalue weighted by Crippen LogP contribution is 2.28. The van der Waals surface area contributed by atoms with E-state index in [0.717, 1.165) is 18.7 Å². The summed E-state index contributed by atoms with van der Waals surface area (Å²) in [5.41, 5.74) is 1.71. The highest BCUT2D eigenvalue weighted by molar-refractivity contribution is 6.22. The van der Waals surface area contributed by atoms with E-state index in [4.69, 9.17) is 0 Å². The van der Waals surface area contributed by atoms with Crippen LogP contribution in [0.5, 0.6) is 0 Å². The van der Waals surface area contributed by atoms with Crippen molar-refractivity contribution in [2.24, 2.45) is 0 Å². The van der Waals surface area contributed by atoms with E-state index in [0.29, 0.717) is 36.7 Å². The number of benzene rings is 2. The zero-order valence-corrected chi connectivity index (χ0v) is 19.0. The Morgan fingerprint density at radius 2 is 1.36 bits per heavy atom. The van der Waals surface area contributed by atoms with Gasteiger partial charge in [-0.05, 0) is 30.5 Å². The molecular weight excluding hydrogens is 414 g/mol. The van der Waals surface area contributed by atoms with Crippen LogP contribution >= 0.6 is 0 Å². The first-order valence-corrected chi connectivity index (χ1v) is 12.2. The average Bonchev–Trinajstić information content (AvgIpc) is 3.13. The Morgan fingerprint density at radius 3 is 1.97 bits per heavy atom. The van der Waals surface area contributed by atoms with Crippen molar-refractivity contribution in [3.05, 3.63) is 71.3 Å². The van der Waals surface area contributed by atoms with E-state index in [1.54, 1.807) is 24.3 Å². The lowest BCUT2D eigenvalue weighted by Gasteiger charge is -2.42. The third-order valence-corrected chi connectivity index (χ3v) is 7.41. The monoisotopic (exact) mass is 445 g/mol. The van der Waals surface area contributed by atoms with Gasteiger partial charge in [-0.15, -0.1) is 0 Å². The summed E-state index contributed by atoms with van der Waals surface area (Å²) in [6, 6.07) is 16.3. The standard InChI is InChI=1S/C27H31N3O3/c31-25-22-13-7-8-14-23(22)26(32)30(25)24(19-20-9-3-1-4-10-20)27(33)29-17-15-28(16-18-29)21-11-5-2-6-12-21/h1,3-4,7-10,13-14,21,24H,2,5-6,11-12,15-19H2/t24-/m0/s1. The minimum Gasteiger partial charge on any atom is -0.338 e. The highest BCUT2D eigenvalue weighted by Gasteiger charge is 2.44. The van der Waals surface area contributed by atoms with E-state index in [1.807, 2.05) is 35.2 Å². The molecule has 0 unspecified atom stereocenters. The maximum absolute atomic E-state index is 13.8. The molecule has 0 N–H and O–H groups in total. The molecule has 33 heavy (non-hydrogen) atoms. The van der Waals surface area contributed by atoms with Gasteiger partial charge in [0.25, 0.3) is 11.8 Å². The van der Waals surface area contributed by atoms with Gasteiger partial charge in [0.1, 0.15) is 6.04 Å². The molecule has 2 heterocycles. The van der Waals surface area contributed by atoms with E-state index in [2.05, 4.69) is 4.90 Å². The summed E-state index contributed by atoms with van der Waals surface area (Å²) in [5, 5.41) is 0. The van der Waals surface area contributed by atoms with Gasteiger partial charge in [0.15, 0.2) is 0 Å². The van der Waals surface area contributed by atoms with Crippen LogP contribution in [0.4, 0.5) is 0 Å². The Balaban J connectivity index is 1.36. The number of amides is 3. The minimum absolute atomic E-state index is 0.128. The van der Waals surface area contributed by atoms with Gasteiger partial charge in [-0.2, -0.15) is 0 Å². The number of hydrogen-bond donors (Lipinski definition) is 0. The zero-order valence-electron chi connectivity index (χ0n) is 19.0. The second kappa shape index (κ2) is 9.48. The van der Waals surface area contributed by atoms with Crippen molar-refractivity contribution in [1.29, 1.82) is 0 Å². The van der Waals surface area contributed by atoms with Crippen molar-refractivity contribution in [3.63, 3.8) is 0 Å². The number of rotatable bonds is 5. The number of hydrogen-bond acceptors (Lipinski definition) is 4. The number of nitrogens with zero attached hydrogens (tertiary/aromatic N) is 3. The molecule has 0 aromatic heterocycles. The number of fused-ring (bicyclic) bond motifs is 1. The number of piperazine rings is 1. The molecule has 6 heteroatoms. The molecule has 1 atom stereocenters. The lowest BCUT2D eigenvalue weighted by molar-refractivity contribution is -0.137. The normalized spacial score (nSPS) is 20.7. The Morgan fingerprint density at radius 1 is 0.788 bits per heavy atom. The van der Waals surface area contributed by atoms with Crippen LogP contribution in [0.3, 0.4) is 0 Å². The molecule has 2 aliphatic heterocycles. The van der Waals surface area contributed by atoms with E-state index < -0.39 is 6.04 Å². The van der Waals surface area contributed by atoms with E-state index in [9.17, 15) is 14.4 Å². The zero-order chi connectivity index (χ0) is 22.8. The summed E-state index contributed by atoms with van der Waals surface area (Å²) in [4.78, 5) is 45.8. The molecule has 3 aliphatic rings. The fraction of sp³-hybridized carbons (Fsp3) is 0.444. The van der Waals surface area contributed by atoms with Crippen LogP contribution in [0.1, 0.15) is 58.4 Å².